The zero-order valence-corrected chi connectivity index (χ0v) is 21.1. The van der Waals surface area contributed by atoms with Gasteiger partial charge in [0.05, 0.1) is 24.6 Å². The van der Waals surface area contributed by atoms with Gasteiger partial charge in [0.2, 0.25) is 5.78 Å². The zero-order chi connectivity index (χ0) is 25.2. The molecule has 0 saturated carbocycles. The Bertz CT molecular complexity index is 1490. The summed E-state index contributed by atoms with van der Waals surface area (Å²) in [6, 6.07) is 17.2. The molecule has 0 fully saturated rings. The van der Waals surface area contributed by atoms with E-state index < -0.39 is 0 Å². The maximum atomic E-state index is 13.5. The van der Waals surface area contributed by atoms with Crippen LogP contribution >= 0.6 is 11.8 Å². The van der Waals surface area contributed by atoms with E-state index in [0.717, 1.165) is 33.8 Å². The highest BCUT2D eigenvalue weighted by atomic mass is 32.2. The van der Waals surface area contributed by atoms with Gasteiger partial charge < -0.3 is 4.74 Å². The Hall–Kier alpha value is -3.92. The van der Waals surface area contributed by atoms with Crippen molar-refractivity contribution in [3.8, 4) is 5.75 Å². The molecule has 9 nitrogen and oxygen atoms in total. The SMILES string of the molecule is CCc1cc(=O)[nH]c2nnc(SCC(=O)N3N=C(c4ccc(OC)cc4)CC3c3ccc(C)cc3)n12. The minimum absolute atomic E-state index is 0.130. The molecule has 1 unspecified atom stereocenters. The van der Waals surface area contributed by atoms with Gasteiger partial charge in [0.1, 0.15) is 5.75 Å². The van der Waals surface area contributed by atoms with Gasteiger partial charge in [-0.05, 0) is 48.7 Å². The summed E-state index contributed by atoms with van der Waals surface area (Å²) in [7, 11) is 1.63. The van der Waals surface area contributed by atoms with Crippen molar-refractivity contribution >= 4 is 29.2 Å². The first-order chi connectivity index (χ1) is 17.5. The number of fused-ring (bicyclic) bond motifs is 1. The molecule has 0 saturated heterocycles. The van der Waals surface area contributed by atoms with Crippen molar-refractivity contribution in [3.63, 3.8) is 0 Å². The Morgan fingerprint density at radius 2 is 1.89 bits per heavy atom. The van der Waals surface area contributed by atoms with Gasteiger partial charge in [0.15, 0.2) is 5.16 Å². The predicted molar refractivity (Wildman–Crippen MR) is 139 cm³/mol. The molecular weight excluding hydrogens is 476 g/mol. The highest BCUT2D eigenvalue weighted by Gasteiger charge is 2.33. The second-order valence-electron chi connectivity index (χ2n) is 8.55. The fraction of sp³-hybridized carbons (Fsp3) is 0.269. The molecule has 3 heterocycles. The number of hydrogen-bond donors (Lipinski definition) is 1. The van der Waals surface area contributed by atoms with Gasteiger partial charge in [-0.25, -0.2) is 5.01 Å². The molecule has 0 aliphatic carbocycles. The number of carbonyl (C=O) groups is 1. The minimum Gasteiger partial charge on any atom is -0.497 e. The largest absolute Gasteiger partial charge is 0.497 e. The Kier molecular flexibility index (Phi) is 6.60. The number of nitrogens with one attached hydrogen (secondary N) is 1. The van der Waals surface area contributed by atoms with E-state index in [0.29, 0.717) is 23.8 Å². The van der Waals surface area contributed by atoms with E-state index in [1.165, 1.54) is 17.8 Å². The molecule has 2 aromatic carbocycles. The lowest BCUT2D eigenvalue weighted by Crippen LogP contribution is -2.28. The molecule has 5 rings (SSSR count). The van der Waals surface area contributed by atoms with Crippen molar-refractivity contribution in [1.82, 2.24) is 24.6 Å². The van der Waals surface area contributed by atoms with Crippen molar-refractivity contribution in [1.29, 1.82) is 0 Å². The Morgan fingerprint density at radius 1 is 1.14 bits per heavy atom. The molecule has 10 heteroatoms. The quantitative estimate of drug-likeness (QED) is 0.386. The number of H-pyrrole nitrogens is 1. The Labute approximate surface area is 212 Å². The predicted octanol–water partition coefficient (Wildman–Crippen LogP) is 3.77. The number of hydrazone groups is 1. The normalized spacial score (nSPS) is 15.4. The maximum Gasteiger partial charge on any atom is 0.253 e. The molecule has 1 aliphatic heterocycles. The summed E-state index contributed by atoms with van der Waals surface area (Å²) < 4.78 is 7.06. The number of ether oxygens (including phenoxy) is 1. The molecule has 1 atom stereocenters. The lowest BCUT2D eigenvalue weighted by atomic mass is 9.97. The van der Waals surface area contributed by atoms with Gasteiger partial charge in [-0.1, -0.05) is 48.5 Å². The van der Waals surface area contributed by atoms with E-state index in [1.807, 2.05) is 50.2 Å². The zero-order valence-electron chi connectivity index (χ0n) is 20.3. The summed E-state index contributed by atoms with van der Waals surface area (Å²) in [6.07, 6.45) is 1.25. The molecule has 4 aromatic rings. The van der Waals surface area contributed by atoms with E-state index in [4.69, 9.17) is 9.84 Å². The van der Waals surface area contributed by atoms with Crippen molar-refractivity contribution in [2.75, 3.05) is 12.9 Å². The lowest BCUT2D eigenvalue weighted by Gasteiger charge is -2.22. The number of amides is 1. The van der Waals surface area contributed by atoms with Gasteiger partial charge in [-0.3, -0.25) is 19.0 Å². The fourth-order valence-electron chi connectivity index (χ4n) is 4.26. The molecule has 0 spiro atoms. The highest BCUT2D eigenvalue weighted by Crippen LogP contribution is 2.34. The Morgan fingerprint density at radius 3 is 2.58 bits per heavy atom. The van der Waals surface area contributed by atoms with Gasteiger partial charge in [0.25, 0.3) is 11.5 Å². The first-order valence-electron chi connectivity index (χ1n) is 11.7. The van der Waals surface area contributed by atoms with Crippen LogP contribution in [0.1, 0.15) is 41.8 Å². The first kappa shape index (κ1) is 23.8. The lowest BCUT2D eigenvalue weighted by molar-refractivity contribution is -0.130. The molecule has 1 amide bonds. The summed E-state index contributed by atoms with van der Waals surface area (Å²) in [5, 5.41) is 15.2. The number of aromatic amines is 1. The summed E-state index contributed by atoms with van der Waals surface area (Å²) in [6.45, 7) is 4.00. The van der Waals surface area contributed by atoms with Crippen LogP contribution in [0.25, 0.3) is 5.78 Å². The van der Waals surface area contributed by atoms with Crippen LogP contribution in [0.2, 0.25) is 0 Å². The molecule has 2 aromatic heterocycles. The number of aryl methyl sites for hydroxylation is 2. The van der Waals surface area contributed by atoms with Crippen molar-refractivity contribution < 1.29 is 9.53 Å². The molecule has 1 N–H and O–H groups in total. The topological polar surface area (TPSA) is 105 Å². The number of aromatic nitrogens is 4. The molecular formula is C26H26N6O3S. The molecule has 1 aliphatic rings. The van der Waals surface area contributed by atoms with Crippen LogP contribution in [-0.2, 0) is 11.2 Å². The summed E-state index contributed by atoms with van der Waals surface area (Å²) in [4.78, 5) is 28.0. The van der Waals surface area contributed by atoms with Gasteiger partial charge in [0, 0.05) is 18.2 Å². The average Bonchev–Trinajstić information content (AvgIpc) is 3.52. The number of rotatable bonds is 7. The number of methoxy groups -OCH3 is 1. The van der Waals surface area contributed by atoms with E-state index >= 15 is 0 Å². The van der Waals surface area contributed by atoms with Crippen molar-refractivity contribution in [2.24, 2.45) is 5.10 Å². The standard InChI is InChI=1S/C26H26N6O3S/c1-4-19-13-23(33)27-25-28-29-26(31(19)25)36-15-24(34)32-22(18-7-5-16(2)6-8-18)14-21(30-32)17-9-11-20(35-3)12-10-17/h5-13,22H,4,14-15H2,1-3H3,(H,27,28,33). The van der Waals surface area contributed by atoms with Crippen LogP contribution in [0.15, 0.2) is 69.6 Å². The second kappa shape index (κ2) is 9.98. The number of hydrogen-bond acceptors (Lipinski definition) is 7. The van der Waals surface area contributed by atoms with Crippen LogP contribution in [0.4, 0.5) is 0 Å². The van der Waals surface area contributed by atoms with Gasteiger partial charge in [-0.2, -0.15) is 5.10 Å². The fourth-order valence-corrected chi connectivity index (χ4v) is 5.08. The number of benzene rings is 2. The first-order valence-corrected chi connectivity index (χ1v) is 12.7. The minimum atomic E-state index is -0.224. The van der Waals surface area contributed by atoms with Crippen LogP contribution in [0.3, 0.4) is 0 Å². The van der Waals surface area contributed by atoms with E-state index in [1.54, 1.807) is 16.5 Å². The molecule has 0 radical (unpaired) electrons. The molecule has 184 valence electrons. The summed E-state index contributed by atoms with van der Waals surface area (Å²) >= 11 is 1.28. The third kappa shape index (κ3) is 4.64. The average molecular weight is 503 g/mol. The van der Waals surface area contributed by atoms with E-state index in [2.05, 4.69) is 27.3 Å². The summed E-state index contributed by atoms with van der Waals surface area (Å²) in [5.41, 5.74) is 4.55. The summed E-state index contributed by atoms with van der Waals surface area (Å²) in [5.74, 6) is 1.14. The van der Waals surface area contributed by atoms with Crippen LogP contribution in [0, 0.1) is 6.92 Å². The molecule has 36 heavy (non-hydrogen) atoms. The van der Waals surface area contributed by atoms with E-state index in [9.17, 15) is 9.59 Å². The molecule has 0 bridgehead atoms. The maximum absolute atomic E-state index is 13.5. The third-order valence-corrected chi connectivity index (χ3v) is 7.11. The number of carbonyl (C=O) groups excluding carboxylic acids is 1. The van der Waals surface area contributed by atoms with Crippen molar-refractivity contribution in [2.45, 2.75) is 37.9 Å². The van der Waals surface area contributed by atoms with Crippen LogP contribution in [0.5, 0.6) is 5.75 Å². The third-order valence-electron chi connectivity index (χ3n) is 6.19. The number of thioether (sulfide) groups is 1. The smallest absolute Gasteiger partial charge is 0.253 e. The van der Waals surface area contributed by atoms with E-state index in [-0.39, 0.29) is 23.3 Å². The Balaban J connectivity index is 1.42. The van der Waals surface area contributed by atoms with Crippen LogP contribution in [-0.4, -0.2) is 49.1 Å². The second-order valence-corrected chi connectivity index (χ2v) is 9.50. The monoisotopic (exact) mass is 502 g/mol. The van der Waals surface area contributed by atoms with Crippen molar-refractivity contribution in [3.05, 3.63) is 87.3 Å². The van der Waals surface area contributed by atoms with Crippen LogP contribution < -0.4 is 10.3 Å². The van der Waals surface area contributed by atoms with Gasteiger partial charge in [-0.15, -0.1) is 10.2 Å². The van der Waals surface area contributed by atoms with Gasteiger partial charge >= 0.3 is 0 Å². The highest BCUT2D eigenvalue weighted by molar-refractivity contribution is 7.99. The number of nitrogens with zero attached hydrogens (tertiary/aromatic N) is 5.